The van der Waals surface area contributed by atoms with Crippen molar-refractivity contribution in [3.8, 4) is 0 Å². The SMILES string of the molecule is C[C@@]1(c2ccc(Br)cc2)CC(=O)N(CC(=O)NCc2cccs2)C1=O. The predicted molar refractivity (Wildman–Crippen MR) is 99.0 cm³/mol. The van der Waals surface area contributed by atoms with E-state index in [1.165, 1.54) is 0 Å². The van der Waals surface area contributed by atoms with Crippen LogP contribution in [0.4, 0.5) is 0 Å². The molecule has 0 radical (unpaired) electrons. The summed E-state index contributed by atoms with van der Waals surface area (Å²) in [5, 5.41) is 4.68. The summed E-state index contributed by atoms with van der Waals surface area (Å²) >= 11 is 4.90. The van der Waals surface area contributed by atoms with Gasteiger partial charge in [-0.15, -0.1) is 11.3 Å². The highest BCUT2D eigenvalue weighted by Crippen LogP contribution is 2.36. The maximum Gasteiger partial charge on any atom is 0.240 e. The number of carbonyl (C=O) groups is 3. The van der Waals surface area contributed by atoms with Gasteiger partial charge in [0.2, 0.25) is 17.7 Å². The van der Waals surface area contributed by atoms with Crippen molar-refractivity contribution in [2.24, 2.45) is 0 Å². The molecule has 1 aliphatic rings. The first-order valence-corrected chi connectivity index (χ1v) is 9.47. The van der Waals surface area contributed by atoms with Crippen LogP contribution in [0.15, 0.2) is 46.3 Å². The highest BCUT2D eigenvalue weighted by atomic mass is 79.9. The minimum atomic E-state index is -0.925. The highest BCUT2D eigenvalue weighted by molar-refractivity contribution is 9.10. The van der Waals surface area contributed by atoms with Crippen LogP contribution < -0.4 is 5.32 Å². The Morgan fingerprint density at radius 1 is 1.28 bits per heavy atom. The van der Waals surface area contributed by atoms with Crippen LogP contribution in [0, 0.1) is 0 Å². The number of hydrogen-bond donors (Lipinski definition) is 1. The van der Waals surface area contributed by atoms with Crippen LogP contribution >= 0.6 is 27.3 Å². The van der Waals surface area contributed by atoms with Gasteiger partial charge in [-0.1, -0.05) is 34.1 Å². The zero-order valence-corrected chi connectivity index (χ0v) is 16.0. The van der Waals surface area contributed by atoms with Crippen molar-refractivity contribution >= 4 is 45.0 Å². The molecular formula is C18H17BrN2O3S. The van der Waals surface area contributed by atoms with Gasteiger partial charge in [-0.2, -0.15) is 0 Å². The van der Waals surface area contributed by atoms with E-state index in [9.17, 15) is 14.4 Å². The second-order valence-corrected chi connectivity index (χ2v) is 8.10. The van der Waals surface area contributed by atoms with Crippen LogP contribution in [0.3, 0.4) is 0 Å². The van der Waals surface area contributed by atoms with Gasteiger partial charge < -0.3 is 5.32 Å². The highest BCUT2D eigenvalue weighted by Gasteiger charge is 2.49. The number of hydrogen-bond acceptors (Lipinski definition) is 4. The van der Waals surface area contributed by atoms with Crippen molar-refractivity contribution in [2.45, 2.75) is 25.3 Å². The van der Waals surface area contributed by atoms with Gasteiger partial charge in [-0.25, -0.2) is 0 Å². The number of benzene rings is 1. The van der Waals surface area contributed by atoms with E-state index < -0.39 is 5.41 Å². The number of imide groups is 1. The molecule has 2 aromatic rings. The van der Waals surface area contributed by atoms with Crippen molar-refractivity contribution in [3.05, 3.63) is 56.7 Å². The summed E-state index contributed by atoms with van der Waals surface area (Å²) in [7, 11) is 0. The second-order valence-electron chi connectivity index (χ2n) is 6.16. The van der Waals surface area contributed by atoms with Gasteiger partial charge >= 0.3 is 0 Å². The largest absolute Gasteiger partial charge is 0.350 e. The summed E-state index contributed by atoms with van der Waals surface area (Å²) in [6, 6.07) is 11.2. The molecule has 0 spiro atoms. The van der Waals surface area contributed by atoms with Gasteiger partial charge in [0.1, 0.15) is 6.54 Å². The molecule has 7 heteroatoms. The fourth-order valence-corrected chi connectivity index (χ4v) is 3.80. The fourth-order valence-electron chi connectivity index (χ4n) is 2.89. The Balaban J connectivity index is 1.68. The lowest BCUT2D eigenvalue weighted by molar-refractivity contribution is -0.143. The fraction of sp³-hybridized carbons (Fsp3) is 0.278. The summed E-state index contributed by atoms with van der Waals surface area (Å²) in [4.78, 5) is 39.3. The first kappa shape index (κ1) is 17.8. The third kappa shape index (κ3) is 3.67. The summed E-state index contributed by atoms with van der Waals surface area (Å²) in [6.45, 7) is 1.91. The number of likely N-dealkylation sites (tertiary alicyclic amines) is 1. The monoisotopic (exact) mass is 420 g/mol. The van der Waals surface area contributed by atoms with Crippen LogP contribution in [0.2, 0.25) is 0 Å². The molecule has 1 aromatic heterocycles. The van der Waals surface area contributed by atoms with Crippen molar-refractivity contribution < 1.29 is 14.4 Å². The Bertz CT molecular complexity index is 804. The minimum Gasteiger partial charge on any atom is -0.350 e. The normalized spacial score (nSPS) is 20.2. The van der Waals surface area contributed by atoms with E-state index >= 15 is 0 Å². The Hall–Kier alpha value is -1.99. The molecule has 0 unspecified atom stereocenters. The smallest absolute Gasteiger partial charge is 0.240 e. The quantitative estimate of drug-likeness (QED) is 0.756. The molecule has 0 aliphatic carbocycles. The van der Waals surface area contributed by atoms with Gasteiger partial charge in [0.05, 0.1) is 12.0 Å². The number of nitrogens with zero attached hydrogens (tertiary/aromatic N) is 1. The number of thiophene rings is 1. The average molecular weight is 421 g/mol. The molecule has 2 heterocycles. The van der Waals surface area contributed by atoms with Crippen molar-refractivity contribution in [2.75, 3.05) is 6.54 Å². The first-order chi connectivity index (χ1) is 11.9. The van der Waals surface area contributed by atoms with Crippen molar-refractivity contribution in [1.29, 1.82) is 0 Å². The van der Waals surface area contributed by atoms with E-state index in [1.807, 2.05) is 41.8 Å². The third-order valence-electron chi connectivity index (χ3n) is 4.35. The second kappa shape index (κ2) is 7.09. The predicted octanol–water partition coefficient (Wildman–Crippen LogP) is 2.84. The zero-order valence-electron chi connectivity index (χ0n) is 13.6. The molecule has 3 rings (SSSR count). The van der Waals surface area contributed by atoms with E-state index in [0.717, 1.165) is 19.8 Å². The molecule has 0 bridgehead atoms. The molecule has 1 saturated heterocycles. The Kier molecular flexibility index (Phi) is 5.06. The molecule has 5 nitrogen and oxygen atoms in total. The number of halogens is 1. The lowest BCUT2D eigenvalue weighted by atomic mass is 9.81. The first-order valence-electron chi connectivity index (χ1n) is 7.80. The molecule has 0 saturated carbocycles. The zero-order chi connectivity index (χ0) is 18.0. The van der Waals surface area contributed by atoms with Crippen LogP contribution in [0.5, 0.6) is 0 Å². The number of amides is 3. The van der Waals surface area contributed by atoms with Crippen LogP contribution in [-0.2, 0) is 26.3 Å². The van der Waals surface area contributed by atoms with Gasteiger partial charge in [0.25, 0.3) is 0 Å². The molecule has 130 valence electrons. The molecule has 3 amide bonds. The van der Waals surface area contributed by atoms with E-state index in [4.69, 9.17) is 0 Å². The van der Waals surface area contributed by atoms with Crippen molar-refractivity contribution in [1.82, 2.24) is 10.2 Å². The van der Waals surface area contributed by atoms with E-state index in [0.29, 0.717) is 6.54 Å². The minimum absolute atomic E-state index is 0.0751. The molecule has 1 aliphatic heterocycles. The molecule has 1 atom stereocenters. The topological polar surface area (TPSA) is 66.5 Å². The lowest BCUT2D eigenvalue weighted by Gasteiger charge is -2.22. The summed E-state index contributed by atoms with van der Waals surface area (Å²) in [5.74, 6) is -0.983. The Morgan fingerprint density at radius 2 is 2.00 bits per heavy atom. The summed E-state index contributed by atoms with van der Waals surface area (Å²) in [6.07, 6.45) is 0.0751. The number of carbonyl (C=O) groups excluding carboxylic acids is 3. The average Bonchev–Trinajstić information content (AvgIpc) is 3.17. The Morgan fingerprint density at radius 3 is 2.64 bits per heavy atom. The van der Waals surface area contributed by atoms with Crippen molar-refractivity contribution in [3.63, 3.8) is 0 Å². The summed E-state index contributed by atoms with van der Waals surface area (Å²) in [5.41, 5.74) is -0.151. The van der Waals surface area contributed by atoms with Gasteiger partial charge in [0.15, 0.2) is 0 Å². The van der Waals surface area contributed by atoms with Crippen LogP contribution in [0.1, 0.15) is 23.8 Å². The van der Waals surface area contributed by atoms with Crippen LogP contribution in [0.25, 0.3) is 0 Å². The third-order valence-corrected chi connectivity index (χ3v) is 5.75. The van der Waals surface area contributed by atoms with Gasteiger partial charge in [0, 0.05) is 15.8 Å². The maximum absolute atomic E-state index is 12.8. The molecular weight excluding hydrogens is 404 g/mol. The maximum atomic E-state index is 12.8. The molecule has 1 N–H and O–H groups in total. The molecule has 1 fully saturated rings. The molecule has 25 heavy (non-hydrogen) atoms. The Labute approximate surface area is 158 Å². The standard InChI is InChI=1S/C18H17BrN2O3S/c1-18(12-4-6-13(19)7-5-12)9-16(23)21(17(18)24)11-15(22)20-10-14-3-2-8-25-14/h2-8H,9-11H2,1H3,(H,20,22)/t18-/m0/s1. The van der Waals surface area contributed by atoms with Crippen LogP contribution in [-0.4, -0.2) is 29.2 Å². The number of nitrogens with one attached hydrogen (secondary N) is 1. The van der Waals surface area contributed by atoms with E-state index in [-0.39, 0.29) is 30.7 Å². The van der Waals surface area contributed by atoms with E-state index in [1.54, 1.807) is 18.3 Å². The van der Waals surface area contributed by atoms with Gasteiger partial charge in [-0.05, 0) is 36.1 Å². The summed E-state index contributed by atoms with van der Waals surface area (Å²) < 4.78 is 0.904. The number of rotatable bonds is 5. The lowest BCUT2D eigenvalue weighted by Crippen LogP contribution is -2.42. The van der Waals surface area contributed by atoms with E-state index in [2.05, 4.69) is 21.2 Å². The molecule has 1 aromatic carbocycles. The van der Waals surface area contributed by atoms with Gasteiger partial charge in [-0.3, -0.25) is 19.3 Å².